The Hall–Kier alpha value is -2.96. The van der Waals surface area contributed by atoms with Crippen LogP contribution in [0.15, 0.2) is 39.9 Å². The second-order valence-electron chi connectivity index (χ2n) is 9.98. The SMILES string of the molecule is CC(C)c1ccc2c(c1)CC[C@H]1[C@](C)(C(=O)N/N=C/c3ccc([N+](=O)[O-])o3)CCC[C@]21C. The molecule has 0 bridgehead atoms. The predicted molar refractivity (Wildman–Crippen MR) is 123 cm³/mol. The van der Waals surface area contributed by atoms with Crippen LogP contribution in [-0.4, -0.2) is 17.0 Å². The fourth-order valence-corrected chi connectivity index (χ4v) is 5.93. The van der Waals surface area contributed by atoms with Gasteiger partial charge in [0.2, 0.25) is 5.91 Å². The number of amides is 1. The van der Waals surface area contributed by atoms with Crippen molar-refractivity contribution < 1.29 is 14.1 Å². The van der Waals surface area contributed by atoms with Gasteiger partial charge in [-0.2, -0.15) is 5.10 Å². The Labute approximate surface area is 188 Å². The second-order valence-corrected chi connectivity index (χ2v) is 9.98. The maximum Gasteiger partial charge on any atom is 0.433 e. The number of hydrogen-bond acceptors (Lipinski definition) is 5. The zero-order chi connectivity index (χ0) is 23.1. The standard InChI is InChI=1S/C25H31N3O4/c1-16(2)17-6-9-20-18(14-17)7-10-21-24(20,3)12-5-13-25(21,4)23(29)27-26-15-19-8-11-22(32-19)28(30)31/h6,8-9,11,14-16,21H,5,7,10,12-13H2,1-4H3,(H,27,29)/b26-15+/t21-,24-,25-/m1/s1. The van der Waals surface area contributed by atoms with Gasteiger partial charge in [-0.1, -0.05) is 52.3 Å². The van der Waals surface area contributed by atoms with Crippen LogP contribution in [0.1, 0.15) is 81.7 Å². The van der Waals surface area contributed by atoms with Crippen LogP contribution in [0.3, 0.4) is 0 Å². The Morgan fingerprint density at radius 3 is 2.75 bits per heavy atom. The van der Waals surface area contributed by atoms with Crippen molar-refractivity contribution in [1.29, 1.82) is 0 Å². The molecule has 0 radical (unpaired) electrons. The summed E-state index contributed by atoms with van der Waals surface area (Å²) in [6, 6.07) is 9.62. The third-order valence-electron chi connectivity index (χ3n) is 7.71. The maximum absolute atomic E-state index is 13.3. The summed E-state index contributed by atoms with van der Waals surface area (Å²) in [5.74, 6) is 0.494. The summed E-state index contributed by atoms with van der Waals surface area (Å²) in [5, 5.41) is 14.8. The van der Waals surface area contributed by atoms with Crippen LogP contribution < -0.4 is 5.43 Å². The molecule has 170 valence electrons. The number of rotatable bonds is 5. The van der Waals surface area contributed by atoms with E-state index in [2.05, 4.69) is 56.4 Å². The van der Waals surface area contributed by atoms with Gasteiger partial charge >= 0.3 is 5.88 Å². The van der Waals surface area contributed by atoms with E-state index in [0.29, 0.717) is 5.92 Å². The minimum absolute atomic E-state index is 0.0429. The molecule has 32 heavy (non-hydrogen) atoms. The Morgan fingerprint density at radius 1 is 1.28 bits per heavy atom. The molecule has 1 N–H and O–H groups in total. The van der Waals surface area contributed by atoms with E-state index in [1.165, 1.54) is 35.0 Å². The van der Waals surface area contributed by atoms with E-state index in [0.717, 1.165) is 32.1 Å². The Balaban J connectivity index is 1.55. The third kappa shape index (κ3) is 3.74. The van der Waals surface area contributed by atoms with Crippen molar-refractivity contribution in [3.63, 3.8) is 0 Å². The first-order chi connectivity index (χ1) is 15.1. The predicted octanol–water partition coefficient (Wildman–Crippen LogP) is 5.47. The lowest BCUT2D eigenvalue weighted by Crippen LogP contribution is -2.54. The fraction of sp³-hybridized carbons (Fsp3) is 0.520. The van der Waals surface area contributed by atoms with Crippen molar-refractivity contribution in [3.05, 3.63) is 62.9 Å². The van der Waals surface area contributed by atoms with Gasteiger partial charge in [-0.05, 0) is 65.7 Å². The summed E-state index contributed by atoms with van der Waals surface area (Å²) >= 11 is 0. The number of carbonyl (C=O) groups excluding carboxylic acids is 1. The monoisotopic (exact) mass is 437 g/mol. The molecule has 7 heteroatoms. The molecule has 1 saturated carbocycles. The van der Waals surface area contributed by atoms with E-state index in [-0.39, 0.29) is 28.9 Å². The van der Waals surface area contributed by atoms with Crippen LogP contribution in [0, 0.1) is 21.4 Å². The fourth-order valence-electron chi connectivity index (χ4n) is 5.93. The lowest BCUT2D eigenvalue weighted by Gasteiger charge is -2.54. The van der Waals surface area contributed by atoms with Crippen molar-refractivity contribution in [2.24, 2.45) is 16.4 Å². The molecule has 0 spiro atoms. The van der Waals surface area contributed by atoms with Crippen molar-refractivity contribution in [1.82, 2.24) is 5.43 Å². The molecule has 1 aromatic carbocycles. The molecule has 2 aromatic rings. The minimum atomic E-state index is -0.606. The number of carbonyl (C=O) groups is 1. The van der Waals surface area contributed by atoms with Gasteiger partial charge in [0, 0.05) is 0 Å². The highest BCUT2D eigenvalue weighted by atomic mass is 16.6. The first-order valence-corrected chi connectivity index (χ1v) is 11.4. The quantitative estimate of drug-likeness (QED) is 0.381. The Bertz CT molecular complexity index is 1070. The lowest BCUT2D eigenvalue weighted by molar-refractivity contribution is -0.402. The minimum Gasteiger partial charge on any atom is -0.400 e. The first kappa shape index (κ1) is 22.2. The van der Waals surface area contributed by atoms with Crippen molar-refractivity contribution >= 4 is 18.0 Å². The number of benzene rings is 1. The smallest absolute Gasteiger partial charge is 0.400 e. The second kappa shape index (κ2) is 8.19. The van der Waals surface area contributed by atoms with Gasteiger partial charge < -0.3 is 4.42 Å². The number of nitrogens with one attached hydrogen (secondary N) is 1. The van der Waals surface area contributed by atoms with Crippen LogP contribution in [0.5, 0.6) is 0 Å². The van der Waals surface area contributed by atoms with Crippen LogP contribution in [-0.2, 0) is 16.6 Å². The molecule has 1 fully saturated rings. The van der Waals surface area contributed by atoms with Crippen LogP contribution >= 0.6 is 0 Å². The van der Waals surface area contributed by atoms with Crippen molar-refractivity contribution in [3.8, 4) is 0 Å². The normalized spacial score (nSPS) is 27.2. The average molecular weight is 438 g/mol. The van der Waals surface area contributed by atoms with Crippen LogP contribution in [0.25, 0.3) is 0 Å². The molecule has 2 aliphatic carbocycles. The topological polar surface area (TPSA) is 97.7 Å². The van der Waals surface area contributed by atoms with E-state index < -0.39 is 10.3 Å². The molecular formula is C25H31N3O4. The van der Waals surface area contributed by atoms with E-state index >= 15 is 0 Å². The number of nitro groups is 1. The Kier molecular flexibility index (Phi) is 5.69. The van der Waals surface area contributed by atoms with Gasteiger partial charge in [0.25, 0.3) is 0 Å². The number of nitrogens with zero attached hydrogens (tertiary/aromatic N) is 2. The van der Waals surface area contributed by atoms with Gasteiger partial charge in [-0.25, -0.2) is 5.43 Å². The van der Waals surface area contributed by atoms with Gasteiger partial charge in [-0.3, -0.25) is 14.9 Å². The molecular weight excluding hydrogens is 406 g/mol. The van der Waals surface area contributed by atoms with Gasteiger partial charge in [-0.15, -0.1) is 0 Å². The molecule has 0 unspecified atom stereocenters. The van der Waals surface area contributed by atoms with E-state index in [1.807, 2.05) is 0 Å². The van der Waals surface area contributed by atoms with Crippen LogP contribution in [0.2, 0.25) is 0 Å². The van der Waals surface area contributed by atoms with E-state index in [4.69, 9.17) is 4.42 Å². The zero-order valence-electron chi connectivity index (χ0n) is 19.2. The van der Waals surface area contributed by atoms with Crippen molar-refractivity contribution in [2.75, 3.05) is 0 Å². The zero-order valence-corrected chi connectivity index (χ0v) is 19.2. The highest BCUT2D eigenvalue weighted by molar-refractivity contribution is 5.85. The summed E-state index contributed by atoms with van der Waals surface area (Å²) < 4.78 is 5.07. The van der Waals surface area contributed by atoms with E-state index in [1.54, 1.807) is 0 Å². The first-order valence-electron chi connectivity index (χ1n) is 11.4. The molecule has 0 saturated heterocycles. The number of hydrazone groups is 1. The molecule has 1 amide bonds. The lowest BCUT2D eigenvalue weighted by atomic mass is 9.49. The summed E-state index contributed by atoms with van der Waals surface area (Å²) in [5.41, 5.74) is 6.29. The van der Waals surface area contributed by atoms with Gasteiger partial charge in [0.1, 0.15) is 4.92 Å². The number of fused-ring (bicyclic) bond motifs is 3. The van der Waals surface area contributed by atoms with Gasteiger partial charge in [0.05, 0.1) is 17.7 Å². The van der Waals surface area contributed by atoms with Gasteiger partial charge in [0.15, 0.2) is 5.76 Å². The Morgan fingerprint density at radius 2 is 2.06 bits per heavy atom. The maximum atomic E-state index is 13.3. The highest BCUT2D eigenvalue weighted by Crippen LogP contribution is 2.57. The highest BCUT2D eigenvalue weighted by Gasteiger charge is 2.55. The largest absolute Gasteiger partial charge is 0.433 e. The summed E-state index contributed by atoms with van der Waals surface area (Å²) in [7, 11) is 0. The molecule has 1 aromatic heterocycles. The summed E-state index contributed by atoms with van der Waals surface area (Å²) in [6.45, 7) is 8.82. The molecule has 3 atom stereocenters. The molecule has 1 heterocycles. The van der Waals surface area contributed by atoms with Crippen molar-refractivity contribution in [2.45, 2.75) is 71.1 Å². The average Bonchev–Trinajstić information content (AvgIpc) is 3.22. The molecule has 0 aliphatic heterocycles. The number of hydrogen-bond donors (Lipinski definition) is 1. The molecule has 7 nitrogen and oxygen atoms in total. The summed E-state index contributed by atoms with van der Waals surface area (Å²) in [4.78, 5) is 23.5. The third-order valence-corrected chi connectivity index (χ3v) is 7.71. The molecule has 2 aliphatic rings. The number of aryl methyl sites for hydroxylation is 1. The number of furan rings is 1. The molecule has 4 rings (SSSR count). The summed E-state index contributed by atoms with van der Waals surface area (Å²) in [6.07, 6.45) is 6.14. The van der Waals surface area contributed by atoms with Crippen LogP contribution in [0.4, 0.5) is 5.88 Å². The van der Waals surface area contributed by atoms with E-state index in [9.17, 15) is 14.9 Å².